The van der Waals surface area contributed by atoms with Gasteiger partial charge in [0, 0.05) is 24.1 Å². The molecule has 2 rings (SSSR count). The van der Waals surface area contributed by atoms with Crippen LogP contribution in [0.3, 0.4) is 0 Å². The van der Waals surface area contributed by atoms with Crippen molar-refractivity contribution in [3.8, 4) is 0 Å². The third-order valence-electron chi connectivity index (χ3n) is 2.66. The Morgan fingerprint density at radius 2 is 2.16 bits per heavy atom. The lowest BCUT2D eigenvalue weighted by Gasteiger charge is -2.07. The number of nitrogens with one attached hydrogen (secondary N) is 1. The number of nitrogens with zero attached hydrogens (tertiary/aromatic N) is 1. The highest BCUT2D eigenvalue weighted by Gasteiger charge is 2.10. The molecule has 2 aromatic rings. The van der Waals surface area contributed by atoms with Crippen LogP contribution in [0.25, 0.3) is 0 Å². The van der Waals surface area contributed by atoms with Gasteiger partial charge in [-0.25, -0.2) is 0 Å². The molecule has 0 spiro atoms. The van der Waals surface area contributed by atoms with Crippen LogP contribution in [0, 0.1) is 6.92 Å². The molecule has 0 aliphatic rings. The summed E-state index contributed by atoms with van der Waals surface area (Å²) >= 11 is 5.97. The maximum atomic E-state index is 12.0. The van der Waals surface area contributed by atoms with Crippen molar-refractivity contribution in [3.05, 3.63) is 58.4 Å². The summed E-state index contributed by atoms with van der Waals surface area (Å²) in [6, 6.07) is 8.64. The van der Waals surface area contributed by atoms with Gasteiger partial charge in [-0.15, -0.1) is 0 Å². The van der Waals surface area contributed by atoms with Gasteiger partial charge in [-0.3, -0.25) is 9.78 Å². The van der Waals surface area contributed by atoms with E-state index in [1.807, 2.05) is 19.1 Å². The van der Waals surface area contributed by atoms with Crippen molar-refractivity contribution < 1.29 is 4.79 Å². The van der Waals surface area contributed by atoms with E-state index in [-0.39, 0.29) is 5.91 Å². The molecule has 0 unspecified atom stereocenters. The highest BCUT2D eigenvalue weighted by Crippen LogP contribution is 2.19. The normalized spacial score (nSPS) is 10.2. The van der Waals surface area contributed by atoms with Crippen molar-refractivity contribution in [3.63, 3.8) is 0 Å². The first kappa shape index (κ1) is 13.4. The number of aromatic nitrogens is 1. The molecule has 0 aliphatic carbocycles. The number of anilines is 1. The van der Waals surface area contributed by atoms with Crippen LogP contribution in [0.1, 0.15) is 21.6 Å². The van der Waals surface area contributed by atoms with E-state index in [1.165, 1.54) is 0 Å². The Morgan fingerprint density at radius 1 is 1.37 bits per heavy atom. The molecule has 0 saturated heterocycles. The average molecular weight is 276 g/mol. The highest BCUT2D eigenvalue weighted by molar-refractivity contribution is 6.34. The second kappa shape index (κ2) is 5.71. The maximum absolute atomic E-state index is 12.0. The van der Waals surface area contributed by atoms with E-state index in [1.54, 1.807) is 24.4 Å². The minimum absolute atomic E-state index is 0.231. The lowest BCUT2D eigenvalue weighted by molar-refractivity contribution is 0.0951. The van der Waals surface area contributed by atoms with Crippen LogP contribution in [0.2, 0.25) is 5.02 Å². The lowest BCUT2D eigenvalue weighted by Crippen LogP contribution is -2.23. The molecule has 0 bridgehead atoms. The predicted octanol–water partition coefficient (Wildman–Crippen LogP) is 2.56. The van der Waals surface area contributed by atoms with Crippen LogP contribution in [-0.4, -0.2) is 10.9 Å². The lowest BCUT2D eigenvalue weighted by atomic mass is 10.2. The standard InChI is InChI=1S/C14H14ClN3O/c1-9-2-3-10(7-17-9)8-18-14(19)12-5-4-11(16)6-13(12)15/h2-7H,8,16H2,1H3,(H,18,19). The molecular formula is C14H14ClN3O. The number of aryl methyl sites for hydroxylation is 1. The third kappa shape index (κ3) is 3.45. The van der Waals surface area contributed by atoms with Gasteiger partial charge in [0.2, 0.25) is 0 Å². The van der Waals surface area contributed by atoms with Crippen molar-refractivity contribution >= 4 is 23.2 Å². The van der Waals surface area contributed by atoms with Crippen LogP contribution in [0.15, 0.2) is 36.5 Å². The van der Waals surface area contributed by atoms with Crippen molar-refractivity contribution in [2.24, 2.45) is 0 Å². The Hall–Kier alpha value is -2.07. The minimum atomic E-state index is -0.231. The number of carbonyl (C=O) groups excluding carboxylic acids is 1. The number of hydrogen-bond acceptors (Lipinski definition) is 3. The van der Waals surface area contributed by atoms with Gasteiger partial charge in [0.1, 0.15) is 0 Å². The van der Waals surface area contributed by atoms with Crippen molar-refractivity contribution in [2.45, 2.75) is 13.5 Å². The number of amides is 1. The van der Waals surface area contributed by atoms with E-state index in [2.05, 4.69) is 10.3 Å². The van der Waals surface area contributed by atoms with E-state index < -0.39 is 0 Å². The number of nitrogen functional groups attached to an aromatic ring is 1. The minimum Gasteiger partial charge on any atom is -0.399 e. The fraction of sp³-hybridized carbons (Fsp3) is 0.143. The Labute approximate surface area is 116 Å². The van der Waals surface area contributed by atoms with Gasteiger partial charge in [0.05, 0.1) is 10.6 Å². The number of hydrogen-bond donors (Lipinski definition) is 2. The van der Waals surface area contributed by atoms with Crippen molar-refractivity contribution in [2.75, 3.05) is 5.73 Å². The van der Waals surface area contributed by atoms with Crippen LogP contribution < -0.4 is 11.1 Å². The fourth-order valence-electron chi connectivity index (χ4n) is 1.60. The van der Waals surface area contributed by atoms with Gasteiger partial charge in [-0.1, -0.05) is 17.7 Å². The Morgan fingerprint density at radius 3 is 2.79 bits per heavy atom. The summed E-state index contributed by atoms with van der Waals surface area (Å²) in [5, 5.41) is 3.14. The zero-order chi connectivity index (χ0) is 13.8. The van der Waals surface area contributed by atoms with Gasteiger partial charge in [0.25, 0.3) is 5.91 Å². The number of benzene rings is 1. The Balaban J connectivity index is 2.03. The molecule has 0 fully saturated rings. The van der Waals surface area contributed by atoms with Gasteiger partial charge in [0.15, 0.2) is 0 Å². The van der Waals surface area contributed by atoms with Gasteiger partial charge in [-0.05, 0) is 36.8 Å². The molecular weight excluding hydrogens is 262 g/mol. The van der Waals surface area contributed by atoms with E-state index in [4.69, 9.17) is 17.3 Å². The summed E-state index contributed by atoms with van der Waals surface area (Å²) in [5.74, 6) is -0.231. The van der Waals surface area contributed by atoms with E-state index in [9.17, 15) is 4.79 Å². The molecule has 1 aromatic heterocycles. The molecule has 98 valence electrons. The second-order valence-electron chi connectivity index (χ2n) is 4.23. The SMILES string of the molecule is Cc1ccc(CNC(=O)c2ccc(N)cc2Cl)cn1. The summed E-state index contributed by atoms with van der Waals surface area (Å²) in [7, 11) is 0. The summed E-state index contributed by atoms with van der Waals surface area (Å²) < 4.78 is 0. The third-order valence-corrected chi connectivity index (χ3v) is 2.98. The number of pyridine rings is 1. The monoisotopic (exact) mass is 275 g/mol. The molecule has 1 amide bonds. The first-order valence-electron chi connectivity index (χ1n) is 5.81. The first-order valence-corrected chi connectivity index (χ1v) is 6.19. The van der Waals surface area contributed by atoms with Crippen LogP contribution in [0.4, 0.5) is 5.69 Å². The number of halogens is 1. The zero-order valence-corrected chi connectivity index (χ0v) is 11.2. The number of nitrogens with two attached hydrogens (primary N) is 1. The number of rotatable bonds is 3. The van der Waals surface area contributed by atoms with E-state index in [0.717, 1.165) is 11.3 Å². The highest BCUT2D eigenvalue weighted by atomic mass is 35.5. The summed E-state index contributed by atoms with van der Waals surface area (Å²) in [4.78, 5) is 16.1. The maximum Gasteiger partial charge on any atom is 0.253 e. The summed E-state index contributed by atoms with van der Waals surface area (Å²) in [5.41, 5.74) is 8.40. The molecule has 1 aromatic carbocycles. The quantitative estimate of drug-likeness (QED) is 0.846. The molecule has 1 heterocycles. The summed E-state index contributed by atoms with van der Waals surface area (Å²) in [6.45, 7) is 2.32. The molecule has 4 nitrogen and oxygen atoms in total. The largest absolute Gasteiger partial charge is 0.399 e. The van der Waals surface area contributed by atoms with Crippen molar-refractivity contribution in [1.82, 2.24) is 10.3 Å². The zero-order valence-electron chi connectivity index (χ0n) is 10.5. The topological polar surface area (TPSA) is 68.0 Å². The number of carbonyl (C=O) groups is 1. The first-order chi connectivity index (χ1) is 9.06. The molecule has 0 aliphatic heterocycles. The van der Waals surface area contributed by atoms with Gasteiger partial charge >= 0.3 is 0 Å². The van der Waals surface area contributed by atoms with Gasteiger partial charge < -0.3 is 11.1 Å². The molecule has 5 heteroatoms. The smallest absolute Gasteiger partial charge is 0.253 e. The van der Waals surface area contributed by atoms with Crippen LogP contribution >= 0.6 is 11.6 Å². The molecule has 0 atom stereocenters. The van der Waals surface area contributed by atoms with Crippen LogP contribution in [0.5, 0.6) is 0 Å². The Bertz CT molecular complexity index is 596. The molecule has 0 saturated carbocycles. The van der Waals surface area contributed by atoms with Crippen molar-refractivity contribution in [1.29, 1.82) is 0 Å². The second-order valence-corrected chi connectivity index (χ2v) is 4.64. The molecule has 19 heavy (non-hydrogen) atoms. The molecule has 0 radical (unpaired) electrons. The Kier molecular flexibility index (Phi) is 4.02. The average Bonchev–Trinajstić information content (AvgIpc) is 2.37. The predicted molar refractivity (Wildman–Crippen MR) is 76.0 cm³/mol. The van der Waals surface area contributed by atoms with E-state index in [0.29, 0.717) is 22.8 Å². The van der Waals surface area contributed by atoms with Gasteiger partial charge in [-0.2, -0.15) is 0 Å². The van der Waals surface area contributed by atoms with Crippen LogP contribution in [-0.2, 0) is 6.54 Å². The van der Waals surface area contributed by atoms with E-state index >= 15 is 0 Å². The summed E-state index contributed by atoms with van der Waals surface area (Å²) in [6.07, 6.45) is 1.74. The molecule has 3 N–H and O–H groups in total. The fourth-order valence-corrected chi connectivity index (χ4v) is 1.87.